The van der Waals surface area contributed by atoms with Crippen LogP contribution in [0.2, 0.25) is 0 Å². The van der Waals surface area contributed by atoms with Gasteiger partial charge in [-0.1, -0.05) is 39.3 Å². The van der Waals surface area contributed by atoms with Gasteiger partial charge in [0.25, 0.3) is 11.3 Å². The summed E-state index contributed by atoms with van der Waals surface area (Å²) in [5, 5.41) is 5.35. The fourth-order valence-electron chi connectivity index (χ4n) is 3.62. The fraction of sp³-hybridized carbons (Fsp3) is 0.435. The number of carbonyl (C=O) groups is 1. The third-order valence-corrected chi connectivity index (χ3v) is 6.68. The van der Waals surface area contributed by atoms with E-state index in [0.29, 0.717) is 33.1 Å². The molecule has 4 heterocycles. The summed E-state index contributed by atoms with van der Waals surface area (Å²) in [6.07, 6.45) is 3.28. The SMILES string of the molecule is CCC(C)Cc1c(C)sc2nc(COC(=O)c3cnc4onc(C(C)C)c4c3)[nH]c(=O)c12. The lowest BCUT2D eigenvalue weighted by atomic mass is 9.98. The summed E-state index contributed by atoms with van der Waals surface area (Å²) in [7, 11) is 0. The molecular weight excluding hydrogens is 428 g/mol. The number of hydrogen-bond acceptors (Lipinski definition) is 8. The average Bonchev–Trinajstić information content (AvgIpc) is 3.32. The number of pyridine rings is 1. The number of aromatic nitrogens is 4. The Hall–Kier alpha value is -3.07. The first kappa shape index (κ1) is 22.1. The van der Waals surface area contributed by atoms with Gasteiger partial charge in [0, 0.05) is 11.1 Å². The van der Waals surface area contributed by atoms with Crippen LogP contribution in [0.1, 0.15) is 72.4 Å². The summed E-state index contributed by atoms with van der Waals surface area (Å²) in [4.78, 5) is 38.6. The number of carbonyl (C=O) groups excluding carboxylic acids is 1. The number of aromatic amines is 1. The van der Waals surface area contributed by atoms with Gasteiger partial charge in [0.1, 0.15) is 17.3 Å². The molecule has 0 fully saturated rings. The molecule has 1 unspecified atom stereocenters. The molecule has 4 aromatic heterocycles. The van der Waals surface area contributed by atoms with E-state index in [2.05, 4.69) is 34.0 Å². The molecule has 1 N–H and O–H groups in total. The monoisotopic (exact) mass is 454 g/mol. The highest BCUT2D eigenvalue weighted by Gasteiger charge is 2.19. The standard InChI is InChI=1S/C23H26N4O4S/c1-6-12(4)7-15-13(5)32-22-18(15)20(28)25-17(26-22)10-30-23(29)14-8-16-19(11(2)3)27-31-21(16)24-9-14/h8-9,11-12H,6-7,10H2,1-5H3,(H,25,26,28). The van der Waals surface area contributed by atoms with Gasteiger partial charge in [-0.3, -0.25) is 4.79 Å². The number of thiophene rings is 1. The smallest absolute Gasteiger partial charge is 0.340 e. The molecule has 0 radical (unpaired) electrons. The quantitative estimate of drug-likeness (QED) is 0.395. The summed E-state index contributed by atoms with van der Waals surface area (Å²) in [6, 6.07) is 1.67. The first-order chi connectivity index (χ1) is 15.3. The van der Waals surface area contributed by atoms with Crippen LogP contribution in [0.5, 0.6) is 0 Å². The van der Waals surface area contributed by atoms with E-state index < -0.39 is 5.97 Å². The van der Waals surface area contributed by atoms with Gasteiger partial charge in [-0.05, 0) is 36.8 Å². The van der Waals surface area contributed by atoms with Crippen LogP contribution in [0.25, 0.3) is 21.3 Å². The van der Waals surface area contributed by atoms with E-state index in [9.17, 15) is 9.59 Å². The fourth-order valence-corrected chi connectivity index (χ4v) is 4.69. The minimum Gasteiger partial charge on any atom is -0.454 e. The third-order valence-electron chi connectivity index (χ3n) is 5.64. The van der Waals surface area contributed by atoms with E-state index in [-0.39, 0.29) is 23.6 Å². The Morgan fingerprint density at radius 3 is 2.81 bits per heavy atom. The molecule has 1 atom stereocenters. The minimum atomic E-state index is -0.558. The highest BCUT2D eigenvalue weighted by Crippen LogP contribution is 2.29. The van der Waals surface area contributed by atoms with Crippen LogP contribution in [-0.2, 0) is 17.8 Å². The maximum atomic E-state index is 12.8. The zero-order valence-electron chi connectivity index (χ0n) is 18.8. The van der Waals surface area contributed by atoms with E-state index in [1.54, 1.807) is 6.07 Å². The van der Waals surface area contributed by atoms with Crippen LogP contribution in [0.4, 0.5) is 0 Å². The Morgan fingerprint density at radius 1 is 1.31 bits per heavy atom. The highest BCUT2D eigenvalue weighted by molar-refractivity contribution is 7.18. The Bertz CT molecular complexity index is 1350. The van der Waals surface area contributed by atoms with Crippen molar-refractivity contribution in [1.29, 1.82) is 0 Å². The lowest BCUT2D eigenvalue weighted by molar-refractivity contribution is 0.0462. The van der Waals surface area contributed by atoms with Crippen molar-refractivity contribution in [2.45, 2.75) is 60.0 Å². The van der Waals surface area contributed by atoms with E-state index in [4.69, 9.17) is 9.26 Å². The lowest BCUT2D eigenvalue weighted by Crippen LogP contribution is -2.15. The summed E-state index contributed by atoms with van der Waals surface area (Å²) in [5.41, 5.74) is 2.26. The number of esters is 1. The van der Waals surface area contributed by atoms with Crippen molar-refractivity contribution in [1.82, 2.24) is 20.1 Å². The van der Waals surface area contributed by atoms with Crippen LogP contribution in [0.15, 0.2) is 21.6 Å². The Morgan fingerprint density at radius 2 is 2.09 bits per heavy atom. The second kappa shape index (κ2) is 8.82. The van der Waals surface area contributed by atoms with E-state index in [0.717, 1.165) is 29.0 Å². The van der Waals surface area contributed by atoms with Crippen LogP contribution in [0.3, 0.4) is 0 Å². The molecule has 32 heavy (non-hydrogen) atoms. The number of nitrogens with one attached hydrogen (secondary N) is 1. The predicted molar refractivity (Wildman–Crippen MR) is 123 cm³/mol. The zero-order valence-corrected chi connectivity index (χ0v) is 19.6. The van der Waals surface area contributed by atoms with Crippen LogP contribution in [0, 0.1) is 12.8 Å². The van der Waals surface area contributed by atoms with Crippen molar-refractivity contribution in [3.63, 3.8) is 0 Å². The number of ether oxygens (including phenoxy) is 1. The molecule has 0 aromatic carbocycles. The first-order valence-electron chi connectivity index (χ1n) is 10.7. The molecule has 0 spiro atoms. The normalized spacial score (nSPS) is 12.7. The predicted octanol–water partition coefficient (Wildman–Crippen LogP) is 4.90. The van der Waals surface area contributed by atoms with E-state index >= 15 is 0 Å². The largest absolute Gasteiger partial charge is 0.454 e. The molecule has 9 heteroatoms. The van der Waals surface area contributed by atoms with Gasteiger partial charge >= 0.3 is 5.97 Å². The summed E-state index contributed by atoms with van der Waals surface area (Å²) in [5.74, 6) is 0.371. The molecule has 0 saturated heterocycles. The van der Waals surface area contributed by atoms with Crippen molar-refractivity contribution in [2.75, 3.05) is 0 Å². The van der Waals surface area contributed by atoms with Gasteiger partial charge < -0.3 is 14.2 Å². The van der Waals surface area contributed by atoms with Crippen molar-refractivity contribution >= 4 is 38.6 Å². The van der Waals surface area contributed by atoms with Crippen molar-refractivity contribution in [2.24, 2.45) is 5.92 Å². The number of aryl methyl sites for hydroxylation is 1. The molecule has 8 nitrogen and oxygen atoms in total. The molecule has 0 aliphatic rings. The Kier molecular flexibility index (Phi) is 6.10. The Labute approximate surface area is 189 Å². The highest BCUT2D eigenvalue weighted by atomic mass is 32.1. The maximum Gasteiger partial charge on any atom is 0.340 e. The van der Waals surface area contributed by atoms with Gasteiger partial charge in [0.05, 0.1) is 22.0 Å². The van der Waals surface area contributed by atoms with Gasteiger partial charge in [0.15, 0.2) is 0 Å². The van der Waals surface area contributed by atoms with Crippen molar-refractivity contribution in [3.8, 4) is 0 Å². The molecule has 0 bridgehead atoms. The minimum absolute atomic E-state index is 0.129. The molecule has 0 saturated carbocycles. The number of fused-ring (bicyclic) bond motifs is 2. The maximum absolute atomic E-state index is 12.8. The second-order valence-electron chi connectivity index (χ2n) is 8.42. The molecule has 4 aromatic rings. The van der Waals surface area contributed by atoms with Gasteiger partial charge in [-0.15, -0.1) is 11.3 Å². The molecular formula is C23H26N4O4S. The summed E-state index contributed by atoms with van der Waals surface area (Å²) < 4.78 is 10.6. The van der Waals surface area contributed by atoms with E-state index in [1.165, 1.54) is 17.5 Å². The van der Waals surface area contributed by atoms with Crippen LogP contribution in [-0.4, -0.2) is 26.1 Å². The number of nitrogens with zero attached hydrogens (tertiary/aromatic N) is 3. The summed E-state index contributed by atoms with van der Waals surface area (Å²) >= 11 is 1.50. The molecule has 0 amide bonds. The van der Waals surface area contributed by atoms with Gasteiger partial charge in [-0.25, -0.2) is 14.8 Å². The second-order valence-corrected chi connectivity index (χ2v) is 9.63. The zero-order chi connectivity index (χ0) is 23.0. The number of H-pyrrole nitrogens is 1. The molecule has 4 rings (SSSR count). The summed E-state index contributed by atoms with van der Waals surface area (Å²) in [6.45, 7) is 10.2. The molecule has 0 aliphatic heterocycles. The lowest BCUT2D eigenvalue weighted by Gasteiger charge is -2.08. The van der Waals surface area contributed by atoms with Gasteiger partial charge in [0.2, 0.25) is 0 Å². The molecule has 0 aliphatic carbocycles. The average molecular weight is 455 g/mol. The molecule has 168 valence electrons. The first-order valence-corrected chi connectivity index (χ1v) is 11.5. The van der Waals surface area contributed by atoms with Crippen LogP contribution < -0.4 is 5.56 Å². The third kappa shape index (κ3) is 4.17. The number of hydrogen-bond donors (Lipinski definition) is 1. The van der Waals surface area contributed by atoms with E-state index in [1.807, 2.05) is 20.8 Å². The topological polar surface area (TPSA) is 111 Å². The van der Waals surface area contributed by atoms with Crippen molar-refractivity contribution in [3.05, 3.63) is 50.1 Å². The Balaban J connectivity index is 1.55. The van der Waals surface area contributed by atoms with Crippen LogP contribution >= 0.6 is 11.3 Å². The van der Waals surface area contributed by atoms with Gasteiger partial charge in [-0.2, -0.15) is 0 Å². The van der Waals surface area contributed by atoms with Crippen molar-refractivity contribution < 1.29 is 14.1 Å². The number of rotatable bonds is 7.